The van der Waals surface area contributed by atoms with Gasteiger partial charge in [-0.2, -0.15) is 34.8 Å². The summed E-state index contributed by atoms with van der Waals surface area (Å²) in [5.41, 5.74) is -5.38. The summed E-state index contributed by atoms with van der Waals surface area (Å²) < 4.78 is 98.4. The van der Waals surface area contributed by atoms with Gasteiger partial charge in [0.2, 0.25) is 0 Å². The molecule has 27 heavy (non-hydrogen) atoms. The molecule has 0 saturated carbocycles. The van der Waals surface area contributed by atoms with E-state index in [1.54, 1.807) is 0 Å². The Hall–Kier alpha value is -0.660. The summed E-state index contributed by atoms with van der Waals surface area (Å²) in [7, 11) is -3.37. The van der Waals surface area contributed by atoms with Crippen LogP contribution in [0.5, 0.6) is 0 Å². The van der Waals surface area contributed by atoms with Gasteiger partial charge in [0.15, 0.2) is 11.0 Å². The Morgan fingerprint density at radius 3 is 1.63 bits per heavy atom. The van der Waals surface area contributed by atoms with E-state index in [-0.39, 0.29) is 31.1 Å². The molecule has 2 aromatic rings. The number of nitrogens with zero attached hydrogens (tertiary/aromatic N) is 2. The average Bonchev–Trinajstić information content (AvgIpc) is 2.72. The molecule has 2 rings (SSSR count). The number of alkyl halides is 6. The normalized spacial score (nSPS) is 12.9. The number of hydrogen-bond acceptors (Lipinski definition) is 2. The van der Waals surface area contributed by atoms with E-state index in [2.05, 4.69) is 0 Å². The van der Waals surface area contributed by atoms with Crippen molar-refractivity contribution in [3.8, 4) is 0 Å². The third kappa shape index (κ3) is 4.67. The smallest absolute Gasteiger partial charge is 0.279 e. The molecule has 16 heteroatoms. The van der Waals surface area contributed by atoms with Crippen molar-refractivity contribution in [2.75, 3.05) is 0 Å². The van der Waals surface area contributed by atoms with Gasteiger partial charge in [-0.25, -0.2) is 9.13 Å². The third-order valence-electron chi connectivity index (χ3n) is 3.07. The second-order valence-electron chi connectivity index (χ2n) is 4.81. The molecule has 0 aliphatic carbocycles. The summed E-state index contributed by atoms with van der Waals surface area (Å²) in [6, 6.07) is 0. The largest absolute Gasteiger partial charge is 0.522 e. The molecule has 0 spiro atoms. The molecule has 0 aliphatic heterocycles. The number of aromatic nitrogens is 2. The molecule has 1 aromatic carbocycles. The first-order valence-corrected chi connectivity index (χ1v) is 9.10. The van der Waals surface area contributed by atoms with Crippen molar-refractivity contribution in [3.05, 3.63) is 25.9 Å². The van der Waals surface area contributed by atoms with Crippen molar-refractivity contribution in [1.29, 1.82) is 0 Å². The van der Waals surface area contributed by atoms with Gasteiger partial charge in [0.05, 0.1) is 24.1 Å². The molecule has 0 bridgehead atoms. The van der Waals surface area contributed by atoms with Crippen LogP contribution in [0.1, 0.15) is 5.82 Å². The number of imidazole rings is 1. The van der Waals surface area contributed by atoms with Crippen LogP contribution in [0.15, 0.2) is 0 Å². The minimum Gasteiger partial charge on any atom is -0.279 e. The van der Waals surface area contributed by atoms with Crippen molar-refractivity contribution in [1.82, 2.24) is 4.57 Å². The van der Waals surface area contributed by atoms with Gasteiger partial charge >= 0.3 is 27.6 Å². The molecule has 0 unspecified atom stereocenters. The molecule has 154 valence electrons. The van der Waals surface area contributed by atoms with Crippen molar-refractivity contribution in [2.45, 2.75) is 11.7 Å². The van der Waals surface area contributed by atoms with Crippen LogP contribution in [-0.4, -0.2) is 23.0 Å². The fourth-order valence-corrected chi connectivity index (χ4v) is 3.12. The van der Waals surface area contributed by atoms with E-state index in [1.165, 1.54) is 14.1 Å². The Labute approximate surface area is 167 Å². The summed E-state index contributed by atoms with van der Waals surface area (Å²) in [5, 5.41) is -0.286. The predicted octanol–water partition coefficient (Wildman–Crippen LogP) is 5.03. The van der Waals surface area contributed by atoms with Gasteiger partial charge < -0.3 is 0 Å². The van der Waals surface area contributed by atoms with E-state index in [4.69, 9.17) is 59.4 Å². The lowest BCUT2D eigenvalue weighted by atomic mass is 10.3. The van der Waals surface area contributed by atoms with Crippen LogP contribution < -0.4 is 4.57 Å². The Balaban J connectivity index is 0.000000387. The zero-order valence-corrected chi connectivity index (χ0v) is 16.7. The molecular weight excluding hydrogens is 496 g/mol. The molecule has 0 fully saturated rings. The summed E-state index contributed by atoms with van der Waals surface area (Å²) in [6.45, 7) is 0. The molecule has 1 heterocycles. The summed E-state index contributed by atoms with van der Waals surface area (Å²) in [5.74, 6) is -0.912. The molecule has 0 amide bonds. The van der Waals surface area contributed by atoms with Crippen LogP contribution in [0.3, 0.4) is 0 Å². The number of hydrogen-bond donors (Lipinski definition) is 1. The number of rotatable bonds is 0. The van der Waals surface area contributed by atoms with Gasteiger partial charge in [0.25, 0.3) is 0 Å². The van der Waals surface area contributed by atoms with Gasteiger partial charge in [0.1, 0.15) is 10.0 Å². The topological polar surface area (TPSA) is 63.2 Å². The Bertz CT molecular complexity index is 950. The van der Waals surface area contributed by atoms with Crippen LogP contribution in [0, 0.1) is 0 Å². The van der Waals surface area contributed by atoms with Crippen LogP contribution in [0.25, 0.3) is 11.0 Å². The van der Waals surface area contributed by atoms with Crippen molar-refractivity contribution in [2.24, 2.45) is 14.1 Å². The minimum atomic E-state index is -5.84. The lowest BCUT2D eigenvalue weighted by Gasteiger charge is -2.02. The standard InChI is InChI=1S/C10H6Cl4F3N2.CHF3O3S/c1-18-7-5(13)3(11)4(12)6(14)8(7)19(2)9(18)10(15,16)17;2-1(3,4)8(5,6)7/h1-2H3;(H,5,6,7)/q+1;. The molecular formula is C11H7Cl4F6N2O3S+. The average molecular weight is 503 g/mol. The zero-order chi connectivity index (χ0) is 21.7. The Morgan fingerprint density at radius 2 is 1.30 bits per heavy atom. The molecule has 5 nitrogen and oxygen atoms in total. The van der Waals surface area contributed by atoms with Crippen LogP contribution in [0.4, 0.5) is 26.3 Å². The monoisotopic (exact) mass is 501 g/mol. The van der Waals surface area contributed by atoms with E-state index in [1.807, 2.05) is 0 Å². The van der Waals surface area contributed by atoms with Gasteiger partial charge in [-0.05, 0) is 0 Å². The van der Waals surface area contributed by atoms with Crippen molar-refractivity contribution >= 4 is 67.6 Å². The highest BCUT2D eigenvalue weighted by Gasteiger charge is 2.47. The maximum atomic E-state index is 13.0. The van der Waals surface area contributed by atoms with Crippen LogP contribution >= 0.6 is 46.4 Å². The maximum absolute atomic E-state index is 13.0. The number of halogens is 10. The second-order valence-corrected chi connectivity index (χ2v) is 7.74. The van der Waals surface area contributed by atoms with Gasteiger partial charge in [-0.1, -0.05) is 46.4 Å². The summed E-state index contributed by atoms with van der Waals surface area (Å²) in [4.78, 5) is 0. The molecule has 1 aromatic heterocycles. The van der Waals surface area contributed by atoms with E-state index < -0.39 is 27.6 Å². The number of aryl methyl sites for hydroxylation is 2. The fraction of sp³-hybridized carbons (Fsp3) is 0.364. The molecule has 0 atom stereocenters. The summed E-state index contributed by atoms with van der Waals surface area (Å²) in [6.07, 6.45) is -4.56. The van der Waals surface area contributed by atoms with E-state index in [0.29, 0.717) is 0 Å². The van der Waals surface area contributed by atoms with Gasteiger partial charge in [-0.15, -0.1) is 0 Å². The van der Waals surface area contributed by atoms with Crippen LogP contribution in [0.2, 0.25) is 20.1 Å². The number of benzene rings is 1. The molecule has 0 radical (unpaired) electrons. The SMILES string of the molecule is Cn1c(C(F)(F)F)[n+](C)c2c(Cl)c(Cl)c(Cl)c(Cl)c21.O=S(=O)(O)C(F)(F)F. The highest BCUT2D eigenvalue weighted by Crippen LogP contribution is 2.43. The Morgan fingerprint density at radius 1 is 0.926 bits per heavy atom. The lowest BCUT2D eigenvalue weighted by molar-refractivity contribution is -0.667. The van der Waals surface area contributed by atoms with E-state index in [9.17, 15) is 26.3 Å². The number of fused-ring (bicyclic) bond motifs is 1. The third-order valence-corrected chi connectivity index (χ3v) is 5.44. The van der Waals surface area contributed by atoms with Crippen LogP contribution in [-0.2, 0) is 30.4 Å². The minimum absolute atomic E-state index is 0.0698. The van der Waals surface area contributed by atoms with E-state index in [0.717, 1.165) is 9.13 Å². The highest BCUT2D eigenvalue weighted by atomic mass is 35.5. The first-order chi connectivity index (χ1) is 11.8. The fourth-order valence-electron chi connectivity index (χ4n) is 2.04. The van der Waals surface area contributed by atoms with Crippen molar-refractivity contribution in [3.63, 3.8) is 0 Å². The summed E-state index contributed by atoms with van der Waals surface area (Å²) >= 11 is 23.6. The first kappa shape index (κ1) is 24.4. The first-order valence-electron chi connectivity index (χ1n) is 6.15. The molecule has 0 aliphatic rings. The highest BCUT2D eigenvalue weighted by molar-refractivity contribution is 7.86. The second kappa shape index (κ2) is 7.64. The Kier molecular flexibility index (Phi) is 6.89. The maximum Gasteiger partial charge on any atom is 0.522 e. The van der Waals surface area contributed by atoms with Crippen molar-refractivity contribution < 1.29 is 43.9 Å². The lowest BCUT2D eigenvalue weighted by Crippen LogP contribution is -2.38. The van der Waals surface area contributed by atoms with E-state index >= 15 is 0 Å². The van der Waals surface area contributed by atoms with Gasteiger partial charge in [0, 0.05) is 0 Å². The quantitative estimate of drug-likeness (QED) is 0.137. The predicted molar refractivity (Wildman–Crippen MR) is 86.7 cm³/mol. The zero-order valence-electron chi connectivity index (χ0n) is 12.8. The van der Waals surface area contributed by atoms with Gasteiger partial charge in [-0.3, -0.25) is 4.55 Å². The molecule has 1 N–H and O–H groups in total. The molecule has 0 saturated heterocycles.